The number of nitrogens with zero attached hydrogens (tertiary/aromatic N) is 2. The molecule has 0 aliphatic carbocycles. The Balaban J connectivity index is 1.83. The van der Waals surface area contributed by atoms with E-state index in [1.807, 2.05) is 30.3 Å². The summed E-state index contributed by atoms with van der Waals surface area (Å²) in [6.45, 7) is 1.72. The number of hydrogen-bond acceptors (Lipinski definition) is 4. The predicted octanol–water partition coefficient (Wildman–Crippen LogP) is 3.02. The van der Waals surface area contributed by atoms with Crippen LogP contribution in [0, 0.1) is 11.3 Å². The third-order valence-electron chi connectivity index (χ3n) is 4.36. The van der Waals surface area contributed by atoms with Crippen molar-refractivity contribution in [3.8, 4) is 6.07 Å². The molecule has 5 nitrogen and oxygen atoms in total. The summed E-state index contributed by atoms with van der Waals surface area (Å²) >= 11 is 0. The fraction of sp³-hybridized carbons (Fsp3) is 0.263. The zero-order valence-electron chi connectivity index (χ0n) is 13.3. The molecule has 0 fully saturated rings. The van der Waals surface area contributed by atoms with Crippen molar-refractivity contribution >= 4 is 11.6 Å². The van der Waals surface area contributed by atoms with E-state index in [-0.39, 0.29) is 0 Å². The lowest BCUT2D eigenvalue weighted by Gasteiger charge is -2.25. The third kappa shape index (κ3) is 3.39. The largest absolute Gasteiger partial charge is 0.367 e. The van der Waals surface area contributed by atoms with Crippen LogP contribution < -0.4 is 10.4 Å². The zero-order chi connectivity index (χ0) is 16.9. The molecule has 0 saturated heterocycles. The third-order valence-corrected chi connectivity index (χ3v) is 4.36. The van der Waals surface area contributed by atoms with Crippen LogP contribution in [0.1, 0.15) is 39.9 Å². The zero-order valence-corrected chi connectivity index (χ0v) is 13.3. The Bertz CT molecular complexity index is 778. The number of hydroxylamine groups is 1. The minimum absolute atomic E-state index is 0.427. The second-order valence-corrected chi connectivity index (χ2v) is 5.97. The van der Waals surface area contributed by atoms with Gasteiger partial charge in [0.25, 0.3) is 5.91 Å². The Morgan fingerprint density at radius 2 is 2.00 bits per heavy atom. The molecule has 1 aliphatic heterocycles. The Hall–Kier alpha value is -2.84. The van der Waals surface area contributed by atoms with E-state index >= 15 is 0 Å². The summed E-state index contributed by atoms with van der Waals surface area (Å²) in [6.07, 6.45) is 3.23. The van der Waals surface area contributed by atoms with Gasteiger partial charge in [0.1, 0.15) is 0 Å². The van der Waals surface area contributed by atoms with Gasteiger partial charge in [0.05, 0.1) is 11.6 Å². The molecule has 2 aromatic carbocycles. The second-order valence-electron chi connectivity index (χ2n) is 5.97. The Kier molecular flexibility index (Phi) is 4.78. The number of amides is 1. The van der Waals surface area contributed by atoms with Crippen LogP contribution in [0.4, 0.5) is 5.69 Å². The highest BCUT2D eigenvalue weighted by atomic mass is 16.5. The predicted molar refractivity (Wildman–Crippen MR) is 90.8 cm³/mol. The highest BCUT2D eigenvalue weighted by Crippen LogP contribution is 2.28. The van der Waals surface area contributed by atoms with E-state index in [2.05, 4.69) is 11.0 Å². The molecule has 0 radical (unpaired) electrons. The van der Waals surface area contributed by atoms with Gasteiger partial charge in [0.2, 0.25) is 0 Å². The highest BCUT2D eigenvalue weighted by molar-refractivity contribution is 5.93. The van der Waals surface area contributed by atoms with Crippen LogP contribution in [0.3, 0.4) is 0 Å². The number of nitriles is 1. The van der Waals surface area contributed by atoms with Crippen molar-refractivity contribution in [2.45, 2.75) is 25.8 Å². The molecule has 3 rings (SSSR count). The van der Waals surface area contributed by atoms with Crippen molar-refractivity contribution in [3.63, 3.8) is 0 Å². The number of hydrogen-bond donors (Lipinski definition) is 2. The minimum Gasteiger partial charge on any atom is -0.367 e. The van der Waals surface area contributed by atoms with Crippen molar-refractivity contribution in [2.75, 3.05) is 11.4 Å². The number of carbonyl (C=O) groups is 1. The molecule has 1 heterocycles. The molecule has 0 atom stereocenters. The maximum atomic E-state index is 11.4. The second kappa shape index (κ2) is 7.16. The molecule has 2 aromatic rings. The van der Waals surface area contributed by atoms with Gasteiger partial charge in [-0.15, -0.1) is 0 Å². The molecule has 0 saturated carbocycles. The molecule has 1 amide bonds. The summed E-state index contributed by atoms with van der Waals surface area (Å²) in [7, 11) is 0. The average molecular weight is 321 g/mol. The van der Waals surface area contributed by atoms with Gasteiger partial charge in [-0.1, -0.05) is 12.1 Å². The van der Waals surface area contributed by atoms with Crippen molar-refractivity contribution in [2.24, 2.45) is 0 Å². The average Bonchev–Trinajstić information content (AvgIpc) is 2.83. The van der Waals surface area contributed by atoms with Crippen molar-refractivity contribution < 1.29 is 10.0 Å². The quantitative estimate of drug-likeness (QED) is 0.673. The lowest BCUT2D eigenvalue weighted by molar-refractivity contribution is 0.0706. The molecule has 0 aromatic heterocycles. The van der Waals surface area contributed by atoms with E-state index in [1.54, 1.807) is 17.6 Å². The summed E-state index contributed by atoms with van der Waals surface area (Å²) in [5.41, 5.74) is 6.28. The van der Waals surface area contributed by atoms with E-state index < -0.39 is 5.91 Å². The summed E-state index contributed by atoms with van der Waals surface area (Å²) in [6, 6.07) is 15.3. The standard InChI is InChI=1S/C19H19N3O2/c20-12-15-6-9-18-17(11-15)3-1-2-10-22(18)13-14-4-7-16(8-5-14)19(23)21-24/h4-9,11,24H,1-3,10,13H2,(H,21,23). The summed E-state index contributed by atoms with van der Waals surface area (Å²) < 4.78 is 0. The van der Waals surface area contributed by atoms with Gasteiger partial charge in [0, 0.05) is 24.3 Å². The molecule has 2 N–H and O–H groups in total. The van der Waals surface area contributed by atoms with E-state index in [4.69, 9.17) is 10.5 Å². The van der Waals surface area contributed by atoms with Crippen LogP contribution in [-0.4, -0.2) is 17.7 Å². The van der Waals surface area contributed by atoms with Crippen LogP contribution in [0.5, 0.6) is 0 Å². The maximum absolute atomic E-state index is 11.4. The Morgan fingerprint density at radius 3 is 2.71 bits per heavy atom. The van der Waals surface area contributed by atoms with Gasteiger partial charge in [0.15, 0.2) is 0 Å². The first-order valence-corrected chi connectivity index (χ1v) is 8.02. The molecule has 0 unspecified atom stereocenters. The molecule has 122 valence electrons. The van der Waals surface area contributed by atoms with Gasteiger partial charge >= 0.3 is 0 Å². The first kappa shape index (κ1) is 16.0. The van der Waals surface area contributed by atoms with Gasteiger partial charge < -0.3 is 4.90 Å². The Labute approximate surface area is 141 Å². The van der Waals surface area contributed by atoms with Gasteiger partial charge in [-0.25, -0.2) is 5.48 Å². The first-order chi connectivity index (χ1) is 11.7. The fourth-order valence-electron chi connectivity index (χ4n) is 3.11. The van der Waals surface area contributed by atoms with Crippen molar-refractivity contribution in [3.05, 3.63) is 64.7 Å². The van der Waals surface area contributed by atoms with Gasteiger partial charge in [-0.2, -0.15) is 5.26 Å². The molecule has 24 heavy (non-hydrogen) atoms. The number of aryl methyl sites for hydroxylation is 1. The summed E-state index contributed by atoms with van der Waals surface area (Å²) in [5, 5.41) is 17.8. The molecular formula is C19H19N3O2. The monoisotopic (exact) mass is 321 g/mol. The van der Waals surface area contributed by atoms with Crippen LogP contribution in [0.2, 0.25) is 0 Å². The number of nitrogens with one attached hydrogen (secondary N) is 1. The topological polar surface area (TPSA) is 76.4 Å². The summed E-state index contributed by atoms with van der Waals surface area (Å²) in [5.74, 6) is -0.509. The van der Waals surface area contributed by atoms with Crippen molar-refractivity contribution in [1.82, 2.24) is 5.48 Å². The SMILES string of the molecule is N#Cc1ccc2c(c1)CCCCN2Cc1ccc(C(=O)NO)cc1. The first-order valence-electron chi connectivity index (χ1n) is 8.02. The smallest absolute Gasteiger partial charge is 0.274 e. The Morgan fingerprint density at radius 1 is 1.21 bits per heavy atom. The van der Waals surface area contributed by atoms with E-state index in [0.29, 0.717) is 11.1 Å². The van der Waals surface area contributed by atoms with Crippen LogP contribution in [0.25, 0.3) is 0 Å². The summed E-state index contributed by atoms with van der Waals surface area (Å²) in [4.78, 5) is 13.7. The fourth-order valence-corrected chi connectivity index (χ4v) is 3.11. The van der Waals surface area contributed by atoms with Crippen molar-refractivity contribution in [1.29, 1.82) is 5.26 Å². The van der Waals surface area contributed by atoms with Crippen LogP contribution in [-0.2, 0) is 13.0 Å². The van der Waals surface area contributed by atoms with Crippen LogP contribution in [0.15, 0.2) is 42.5 Å². The van der Waals surface area contributed by atoms with Gasteiger partial charge in [-0.3, -0.25) is 10.0 Å². The number of anilines is 1. The maximum Gasteiger partial charge on any atom is 0.274 e. The molecule has 0 spiro atoms. The number of carbonyl (C=O) groups excluding carboxylic acids is 1. The molecular weight excluding hydrogens is 302 g/mol. The number of benzene rings is 2. The van der Waals surface area contributed by atoms with E-state index in [0.717, 1.165) is 37.9 Å². The minimum atomic E-state index is -0.509. The molecule has 5 heteroatoms. The lowest BCUT2D eigenvalue weighted by atomic mass is 10.0. The number of rotatable bonds is 3. The normalized spacial score (nSPS) is 13.6. The highest BCUT2D eigenvalue weighted by Gasteiger charge is 2.16. The van der Waals surface area contributed by atoms with Crippen LogP contribution >= 0.6 is 0 Å². The lowest BCUT2D eigenvalue weighted by Crippen LogP contribution is -2.23. The number of fused-ring (bicyclic) bond motifs is 1. The molecule has 1 aliphatic rings. The van der Waals surface area contributed by atoms with Gasteiger partial charge in [-0.05, 0) is 60.7 Å². The van der Waals surface area contributed by atoms with E-state index in [9.17, 15) is 4.79 Å². The molecule has 0 bridgehead atoms. The van der Waals surface area contributed by atoms with E-state index in [1.165, 1.54) is 11.3 Å².